The summed E-state index contributed by atoms with van der Waals surface area (Å²) in [7, 11) is 3.24. The van der Waals surface area contributed by atoms with E-state index in [1.807, 2.05) is 65.2 Å². The van der Waals surface area contributed by atoms with Gasteiger partial charge in [-0.2, -0.15) is 0 Å². The summed E-state index contributed by atoms with van der Waals surface area (Å²) in [5.74, 6) is 1.27. The number of rotatable bonds is 8. The molecular weight excluding hydrogens is 440 g/mol. The molecule has 168 valence electrons. The highest BCUT2D eigenvalue weighted by Gasteiger charge is 2.22. The normalized spacial score (nSPS) is 10.8. The standard InChI is InChI=1S/C26H23ClN2O4/c1-32-21-11-5-17(6-12-21)24-25(18-7-13-22(33-2)14-8-18)29(16-15-23(30)31)26(28-24)19-3-9-20(27)10-4-19/h3-14H,15-16H2,1-2H3,(H,30,31). The molecule has 0 fully saturated rings. The molecular formula is C26H23ClN2O4. The Balaban J connectivity index is 1.96. The summed E-state index contributed by atoms with van der Waals surface area (Å²) in [4.78, 5) is 16.4. The Morgan fingerprint density at radius 3 is 1.88 bits per heavy atom. The van der Waals surface area contributed by atoms with Crippen LogP contribution in [0, 0.1) is 0 Å². The molecule has 0 bridgehead atoms. The first-order valence-corrected chi connectivity index (χ1v) is 10.7. The van der Waals surface area contributed by atoms with Crippen molar-refractivity contribution in [3.63, 3.8) is 0 Å². The number of aliphatic carboxylic acids is 1. The van der Waals surface area contributed by atoms with Crippen molar-refractivity contribution in [2.75, 3.05) is 14.2 Å². The molecule has 0 aliphatic carbocycles. The zero-order chi connectivity index (χ0) is 23.4. The third-order valence-electron chi connectivity index (χ3n) is 5.35. The van der Waals surface area contributed by atoms with Gasteiger partial charge in [-0.05, 0) is 72.8 Å². The lowest BCUT2D eigenvalue weighted by atomic mass is 10.0. The fourth-order valence-electron chi connectivity index (χ4n) is 3.69. The van der Waals surface area contributed by atoms with E-state index in [0.717, 1.165) is 39.6 Å². The topological polar surface area (TPSA) is 73.6 Å². The van der Waals surface area contributed by atoms with Crippen molar-refractivity contribution >= 4 is 17.6 Å². The van der Waals surface area contributed by atoms with Crippen LogP contribution in [0.15, 0.2) is 72.8 Å². The number of halogens is 1. The second-order valence-electron chi connectivity index (χ2n) is 7.39. The molecule has 0 saturated heterocycles. The Bertz CT molecular complexity index is 1250. The quantitative estimate of drug-likeness (QED) is 0.346. The zero-order valence-electron chi connectivity index (χ0n) is 18.3. The minimum absolute atomic E-state index is 0.0395. The average Bonchev–Trinajstić information content (AvgIpc) is 3.22. The Morgan fingerprint density at radius 1 is 0.848 bits per heavy atom. The molecule has 33 heavy (non-hydrogen) atoms. The largest absolute Gasteiger partial charge is 0.497 e. The van der Waals surface area contributed by atoms with E-state index < -0.39 is 5.97 Å². The second-order valence-corrected chi connectivity index (χ2v) is 7.83. The number of nitrogens with zero attached hydrogens (tertiary/aromatic N) is 2. The fourth-order valence-corrected chi connectivity index (χ4v) is 3.82. The van der Waals surface area contributed by atoms with E-state index >= 15 is 0 Å². The highest BCUT2D eigenvalue weighted by atomic mass is 35.5. The first kappa shape index (κ1) is 22.4. The van der Waals surface area contributed by atoms with Crippen molar-refractivity contribution in [3.05, 3.63) is 77.8 Å². The minimum atomic E-state index is -0.877. The predicted octanol–water partition coefficient (Wildman–Crippen LogP) is 6.03. The van der Waals surface area contributed by atoms with Gasteiger partial charge in [0, 0.05) is 28.3 Å². The monoisotopic (exact) mass is 462 g/mol. The molecule has 0 aliphatic rings. The van der Waals surface area contributed by atoms with Crippen molar-refractivity contribution in [1.82, 2.24) is 9.55 Å². The lowest BCUT2D eigenvalue weighted by Crippen LogP contribution is -2.07. The van der Waals surface area contributed by atoms with Crippen LogP contribution in [0.5, 0.6) is 11.5 Å². The zero-order valence-corrected chi connectivity index (χ0v) is 19.0. The summed E-state index contributed by atoms with van der Waals surface area (Å²) in [5.41, 5.74) is 4.22. The summed E-state index contributed by atoms with van der Waals surface area (Å²) in [6, 6.07) is 22.7. The Hall–Kier alpha value is -3.77. The fraction of sp³-hybridized carbons (Fsp3) is 0.154. The molecule has 0 radical (unpaired) electrons. The van der Waals surface area contributed by atoms with Gasteiger partial charge in [-0.25, -0.2) is 4.98 Å². The van der Waals surface area contributed by atoms with Gasteiger partial charge < -0.3 is 19.1 Å². The van der Waals surface area contributed by atoms with Gasteiger partial charge in [-0.1, -0.05) is 11.6 Å². The lowest BCUT2D eigenvalue weighted by molar-refractivity contribution is -0.137. The van der Waals surface area contributed by atoms with Crippen LogP contribution in [-0.2, 0) is 11.3 Å². The molecule has 0 amide bonds. The number of ether oxygens (including phenoxy) is 2. The van der Waals surface area contributed by atoms with E-state index in [-0.39, 0.29) is 13.0 Å². The number of carboxylic acid groups (broad SMARTS) is 1. The summed E-state index contributed by atoms with van der Waals surface area (Å²) in [6.45, 7) is 0.262. The van der Waals surface area contributed by atoms with Gasteiger partial charge in [0.2, 0.25) is 0 Å². The highest BCUT2D eigenvalue weighted by Crippen LogP contribution is 2.38. The van der Waals surface area contributed by atoms with Crippen molar-refractivity contribution in [3.8, 4) is 45.4 Å². The maximum atomic E-state index is 11.5. The summed E-state index contributed by atoms with van der Waals surface area (Å²) in [6.07, 6.45) is -0.0395. The maximum absolute atomic E-state index is 11.5. The number of imidazole rings is 1. The van der Waals surface area contributed by atoms with Gasteiger partial charge >= 0.3 is 5.97 Å². The lowest BCUT2D eigenvalue weighted by Gasteiger charge is -2.13. The molecule has 1 aromatic heterocycles. The van der Waals surface area contributed by atoms with Crippen molar-refractivity contribution < 1.29 is 19.4 Å². The SMILES string of the molecule is COc1ccc(-c2nc(-c3ccc(Cl)cc3)n(CCC(=O)O)c2-c2ccc(OC)cc2)cc1. The molecule has 0 spiro atoms. The third kappa shape index (κ3) is 4.86. The molecule has 6 nitrogen and oxygen atoms in total. The van der Waals surface area contributed by atoms with Gasteiger partial charge in [-0.3, -0.25) is 4.79 Å². The number of carboxylic acids is 1. The van der Waals surface area contributed by atoms with Crippen LogP contribution in [-0.4, -0.2) is 34.8 Å². The number of benzene rings is 3. The van der Waals surface area contributed by atoms with E-state index in [9.17, 15) is 9.90 Å². The third-order valence-corrected chi connectivity index (χ3v) is 5.60. The summed E-state index contributed by atoms with van der Waals surface area (Å²) in [5, 5.41) is 10.0. The van der Waals surface area contributed by atoms with Crippen molar-refractivity contribution in [2.24, 2.45) is 0 Å². The number of hydrogen-bond donors (Lipinski definition) is 1. The molecule has 4 rings (SSSR count). The Morgan fingerprint density at radius 2 is 1.36 bits per heavy atom. The minimum Gasteiger partial charge on any atom is -0.497 e. The Labute approximate surface area is 197 Å². The number of carbonyl (C=O) groups is 1. The van der Waals surface area contributed by atoms with Gasteiger partial charge in [0.15, 0.2) is 0 Å². The van der Waals surface area contributed by atoms with E-state index in [1.165, 1.54) is 0 Å². The molecule has 3 aromatic carbocycles. The number of methoxy groups -OCH3 is 2. The van der Waals surface area contributed by atoms with Gasteiger partial charge in [0.05, 0.1) is 32.0 Å². The highest BCUT2D eigenvalue weighted by molar-refractivity contribution is 6.30. The molecule has 1 N–H and O–H groups in total. The number of hydrogen-bond acceptors (Lipinski definition) is 4. The van der Waals surface area contributed by atoms with Crippen LogP contribution in [0.4, 0.5) is 0 Å². The predicted molar refractivity (Wildman–Crippen MR) is 129 cm³/mol. The van der Waals surface area contributed by atoms with Gasteiger partial charge in [-0.15, -0.1) is 0 Å². The van der Waals surface area contributed by atoms with Crippen molar-refractivity contribution in [1.29, 1.82) is 0 Å². The summed E-state index contributed by atoms with van der Waals surface area (Å²) < 4.78 is 12.6. The van der Waals surface area contributed by atoms with Crippen LogP contribution in [0.25, 0.3) is 33.9 Å². The maximum Gasteiger partial charge on any atom is 0.305 e. The number of aromatic nitrogens is 2. The molecule has 0 aliphatic heterocycles. The van der Waals surface area contributed by atoms with Crippen LogP contribution in [0.2, 0.25) is 5.02 Å². The second kappa shape index (κ2) is 9.79. The average molecular weight is 463 g/mol. The van der Waals surface area contributed by atoms with E-state index in [4.69, 9.17) is 26.1 Å². The van der Waals surface area contributed by atoms with Crippen LogP contribution in [0.1, 0.15) is 6.42 Å². The Kier molecular flexibility index (Phi) is 6.66. The molecule has 0 unspecified atom stereocenters. The van der Waals surface area contributed by atoms with Gasteiger partial charge in [0.1, 0.15) is 17.3 Å². The van der Waals surface area contributed by atoms with Crippen LogP contribution < -0.4 is 9.47 Å². The van der Waals surface area contributed by atoms with Crippen molar-refractivity contribution in [2.45, 2.75) is 13.0 Å². The van der Waals surface area contributed by atoms with Crippen LogP contribution in [0.3, 0.4) is 0 Å². The molecule has 7 heteroatoms. The van der Waals surface area contributed by atoms with Crippen LogP contribution >= 0.6 is 11.6 Å². The molecule has 1 heterocycles. The molecule has 0 atom stereocenters. The molecule has 4 aromatic rings. The van der Waals surface area contributed by atoms with E-state index in [2.05, 4.69) is 0 Å². The first-order chi connectivity index (χ1) is 16.0. The van der Waals surface area contributed by atoms with E-state index in [1.54, 1.807) is 26.4 Å². The summed E-state index contributed by atoms with van der Waals surface area (Å²) >= 11 is 6.10. The molecule has 0 saturated carbocycles. The van der Waals surface area contributed by atoms with Gasteiger partial charge in [0.25, 0.3) is 0 Å². The smallest absolute Gasteiger partial charge is 0.305 e. The first-order valence-electron chi connectivity index (χ1n) is 10.4. The van der Waals surface area contributed by atoms with E-state index in [0.29, 0.717) is 10.8 Å².